The lowest BCUT2D eigenvalue weighted by Gasteiger charge is -1.90. The smallest absolute Gasteiger partial charge is 0.111 e. The Morgan fingerprint density at radius 1 is 1.12 bits per heavy atom. The summed E-state index contributed by atoms with van der Waals surface area (Å²) in [5, 5.41) is 5.10. The van der Waals surface area contributed by atoms with Crippen LogP contribution in [0.2, 0.25) is 0 Å². The van der Waals surface area contributed by atoms with Gasteiger partial charge >= 0.3 is 0 Å². The number of nitrogens with two attached hydrogens (primary N) is 1. The van der Waals surface area contributed by atoms with E-state index in [1.165, 1.54) is 0 Å². The zero-order valence-corrected chi connectivity index (χ0v) is 4.46. The van der Waals surface area contributed by atoms with Gasteiger partial charge < -0.3 is 5.41 Å². The molecule has 0 bridgehead atoms. The van der Waals surface area contributed by atoms with Gasteiger partial charge in [-0.05, 0) is 0 Å². The van der Waals surface area contributed by atoms with E-state index in [9.17, 15) is 0 Å². The molecule has 0 spiro atoms. The molecule has 0 aliphatic heterocycles. The summed E-state index contributed by atoms with van der Waals surface area (Å²) < 4.78 is 0. The molecule has 0 saturated carbocycles. The van der Waals surface area contributed by atoms with Crippen molar-refractivity contribution in [2.45, 2.75) is 0 Å². The highest BCUT2D eigenvalue weighted by atomic mass is 14.3. The summed E-state index contributed by atoms with van der Waals surface area (Å²) in [6.45, 7) is 0. The van der Waals surface area contributed by atoms with Crippen LogP contribution in [0, 0.1) is 0 Å². The van der Waals surface area contributed by atoms with Gasteiger partial charge in [-0.1, -0.05) is 6.07 Å². The average Bonchev–Trinajstić information content (AvgIpc) is 1.90. The third-order valence-corrected chi connectivity index (χ3v) is 0.940. The first kappa shape index (κ1) is 5.04. The van der Waals surface area contributed by atoms with Gasteiger partial charge in [0.15, 0.2) is 0 Å². The van der Waals surface area contributed by atoms with Crippen LogP contribution in [-0.2, 0) is 0 Å². The number of benzene rings is 1. The van der Waals surface area contributed by atoms with Gasteiger partial charge in [-0.15, -0.1) is 17.7 Å². The minimum atomic E-state index is 0.938. The minimum absolute atomic E-state index is 0.938. The maximum absolute atomic E-state index is 5.10. The van der Waals surface area contributed by atoms with Crippen molar-refractivity contribution in [3.63, 3.8) is 0 Å². The summed E-state index contributed by atoms with van der Waals surface area (Å²) in [6, 6.07) is 9.60. The second-order valence-corrected chi connectivity index (χ2v) is 1.51. The molecular weight excluding hydrogens is 98.1 g/mol. The Kier molecular flexibility index (Phi) is 1.42. The van der Waals surface area contributed by atoms with Gasteiger partial charge in [-0.2, -0.15) is 12.1 Å². The molecule has 0 unspecified atom stereocenters. The van der Waals surface area contributed by atoms with E-state index in [-0.39, 0.29) is 0 Å². The van der Waals surface area contributed by atoms with Crippen LogP contribution < -0.4 is 5.41 Å². The number of hydrogen-bond donors (Lipinski definition) is 1. The van der Waals surface area contributed by atoms with Crippen LogP contribution in [0.3, 0.4) is 0 Å². The normalized spacial score (nSPS) is 8.50. The predicted octanol–water partition coefficient (Wildman–Crippen LogP) is -0.258. The summed E-state index contributed by atoms with van der Waals surface area (Å²) in [6.07, 6.45) is 2.53. The Morgan fingerprint density at radius 2 is 1.75 bits per heavy atom. The van der Waals surface area contributed by atoms with Crippen LogP contribution in [0.25, 0.3) is 0 Å². The third kappa shape index (κ3) is 0.936. The van der Waals surface area contributed by atoms with Gasteiger partial charge in [0.25, 0.3) is 0 Å². The Balaban J connectivity index is 2.99. The molecule has 0 radical (unpaired) electrons. The Labute approximate surface area is 48.5 Å². The average molecular weight is 105 g/mol. The molecule has 0 aliphatic rings. The van der Waals surface area contributed by atoms with E-state index in [1.807, 2.05) is 30.3 Å². The molecule has 1 nitrogen and oxygen atoms in total. The van der Waals surface area contributed by atoms with E-state index in [4.69, 9.17) is 5.41 Å². The maximum Gasteiger partial charge on any atom is 0.111 e. The van der Waals surface area contributed by atoms with E-state index < -0.39 is 0 Å². The van der Waals surface area contributed by atoms with Crippen molar-refractivity contribution in [2.24, 2.45) is 0 Å². The molecule has 0 atom stereocenters. The fraction of sp³-hybridized carbons (Fsp3) is 0. The molecule has 1 rings (SSSR count). The lowest BCUT2D eigenvalue weighted by Crippen LogP contribution is -2.29. The highest BCUT2D eigenvalue weighted by molar-refractivity contribution is 5.74. The molecule has 1 aromatic rings. The fourth-order valence-electron chi connectivity index (χ4n) is 0.534. The van der Waals surface area contributed by atoms with Gasteiger partial charge in [0, 0.05) is 0 Å². The van der Waals surface area contributed by atoms with Crippen LogP contribution in [-0.4, -0.2) is 6.21 Å². The first-order valence-electron chi connectivity index (χ1n) is 2.45. The summed E-state index contributed by atoms with van der Waals surface area (Å²) in [5.74, 6) is 0. The Bertz CT molecular complexity index is 167. The second-order valence-electron chi connectivity index (χ2n) is 1.51. The largest absolute Gasteiger partial charge is 0.313 e. The molecule has 2 N–H and O–H groups in total. The molecule has 40 valence electrons. The third-order valence-electron chi connectivity index (χ3n) is 0.940. The van der Waals surface area contributed by atoms with Crippen molar-refractivity contribution in [1.82, 2.24) is 0 Å². The predicted molar refractivity (Wildman–Crippen MR) is 32.5 cm³/mol. The molecule has 0 aliphatic carbocycles. The summed E-state index contributed by atoms with van der Waals surface area (Å²) >= 11 is 0. The highest BCUT2D eigenvalue weighted by Crippen LogP contribution is 1.90. The zero-order valence-electron chi connectivity index (χ0n) is 4.46. The summed E-state index contributed by atoms with van der Waals surface area (Å²) in [7, 11) is 0. The van der Waals surface area contributed by atoms with Gasteiger partial charge in [-0.3, -0.25) is 0 Å². The van der Waals surface area contributed by atoms with Crippen molar-refractivity contribution < 1.29 is 5.41 Å². The Morgan fingerprint density at radius 3 is 2.12 bits per heavy atom. The molecule has 0 heterocycles. The van der Waals surface area contributed by atoms with Crippen LogP contribution in [0.15, 0.2) is 30.3 Å². The SMILES string of the molecule is [NH2+]=[C-]c1ccccc1. The van der Waals surface area contributed by atoms with Gasteiger partial charge in [0.05, 0.1) is 0 Å². The molecule has 0 saturated heterocycles. The van der Waals surface area contributed by atoms with Crippen molar-refractivity contribution in [3.05, 3.63) is 35.9 Å². The van der Waals surface area contributed by atoms with Crippen molar-refractivity contribution in [1.29, 1.82) is 0 Å². The minimum Gasteiger partial charge on any atom is -0.313 e. The fourth-order valence-corrected chi connectivity index (χ4v) is 0.534. The van der Waals surface area contributed by atoms with Gasteiger partial charge in [-0.25, -0.2) is 0 Å². The first-order valence-corrected chi connectivity index (χ1v) is 2.45. The van der Waals surface area contributed by atoms with Crippen LogP contribution in [0.1, 0.15) is 5.56 Å². The summed E-state index contributed by atoms with van der Waals surface area (Å²) in [4.78, 5) is 0. The van der Waals surface area contributed by atoms with Gasteiger partial charge in [0.1, 0.15) is 6.21 Å². The van der Waals surface area contributed by atoms with Gasteiger partial charge in [0.2, 0.25) is 0 Å². The first-order chi connectivity index (χ1) is 3.93. The van der Waals surface area contributed by atoms with Crippen molar-refractivity contribution >= 4 is 6.21 Å². The van der Waals surface area contributed by atoms with E-state index >= 15 is 0 Å². The topological polar surface area (TPSA) is 25.6 Å². The highest BCUT2D eigenvalue weighted by Gasteiger charge is 1.70. The van der Waals surface area contributed by atoms with E-state index in [0.717, 1.165) is 5.56 Å². The quantitative estimate of drug-likeness (QED) is 0.376. The maximum atomic E-state index is 5.10. The number of rotatable bonds is 1. The summed E-state index contributed by atoms with van der Waals surface area (Å²) in [5.41, 5.74) is 0.938. The zero-order chi connectivity index (χ0) is 5.82. The van der Waals surface area contributed by atoms with E-state index in [0.29, 0.717) is 0 Å². The molecule has 1 heteroatoms. The number of hydrogen-bond acceptors (Lipinski definition) is 0. The molecule has 0 fully saturated rings. The molecule has 0 amide bonds. The molecular formula is C7H7N. The van der Waals surface area contributed by atoms with E-state index in [1.54, 1.807) is 0 Å². The van der Waals surface area contributed by atoms with Crippen LogP contribution in [0.5, 0.6) is 0 Å². The monoisotopic (exact) mass is 105 g/mol. The van der Waals surface area contributed by atoms with Crippen molar-refractivity contribution in [3.8, 4) is 0 Å². The molecule has 1 aromatic carbocycles. The van der Waals surface area contributed by atoms with Crippen LogP contribution >= 0.6 is 0 Å². The Hall–Kier alpha value is -1.11. The lowest BCUT2D eigenvalue weighted by atomic mass is 10.2. The second kappa shape index (κ2) is 2.26. The lowest BCUT2D eigenvalue weighted by molar-refractivity contribution is -0.104. The molecule has 8 heavy (non-hydrogen) atoms. The van der Waals surface area contributed by atoms with E-state index in [2.05, 4.69) is 6.21 Å². The molecule has 0 aromatic heterocycles. The van der Waals surface area contributed by atoms with Crippen LogP contribution in [0.4, 0.5) is 0 Å². The van der Waals surface area contributed by atoms with Crippen molar-refractivity contribution in [2.75, 3.05) is 0 Å². The standard InChI is InChI=1S/C7H7N/c8-6-7-4-2-1-3-5-7/h1-5H,8H2.